The van der Waals surface area contributed by atoms with Gasteiger partial charge in [-0.25, -0.2) is 4.79 Å². The largest absolute Gasteiger partial charge is 0.463 e. The molecule has 0 bridgehead atoms. The third kappa shape index (κ3) is 4.41. The molecule has 4 heteroatoms. The molecule has 0 heterocycles. The van der Waals surface area contributed by atoms with E-state index in [-0.39, 0.29) is 5.91 Å². The summed E-state index contributed by atoms with van der Waals surface area (Å²) in [6, 6.07) is 8.99. The van der Waals surface area contributed by atoms with Crippen LogP contribution in [-0.2, 0) is 14.3 Å². The Morgan fingerprint density at radius 1 is 1.25 bits per heavy atom. The Balaban J connectivity index is 2.45. The number of hydrogen-bond acceptors (Lipinski definition) is 3. The summed E-state index contributed by atoms with van der Waals surface area (Å²) in [7, 11) is 0. The fraction of sp³-hybridized carbons (Fsp3) is 0.167. The van der Waals surface area contributed by atoms with E-state index in [1.165, 1.54) is 0 Å². The first kappa shape index (κ1) is 12.0. The van der Waals surface area contributed by atoms with Crippen molar-refractivity contribution in [3.63, 3.8) is 0 Å². The van der Waals surface area contributed by atoms with Crippen molar-refractivity contribution in [1.29, 1.82) is 0 Å². The van der Waals surface area contributed by atoms with Crippen LogP contribution in [0.4, 0.5) is 5.69 Å². The molecule has 0 fully saturated rings. The predicted molar refractivity (Wildman–Crippen MR) is 60.8 cm³/mol. The Morgan fingerprint density at radius 2 is 1.94 bits per heavy atom. The first-order chi connectivity index (χ1) is 7.72. The van der Waals surface area contributed by atoms with Gasteiger partial charge in [-0.05, 0) is 19.1 Å². The number of rotatable bonds is 4. The zero-order valence-corrected chi connectivity index (χ0v) is 8.97. The van der Waals surface area contributed by atoms with Gasteiger partial charge in [-0.2, -0.15) is 0 Å². The van der Waals surface area contributed by atoms with Crippen LogP contribution in [0.5, 0.6) is 0 Å². The average Bonchev–Trinajstić information content (AvgIpc) is 2.28. The molecule has 0 saturated heterocycles. The van der Waals surface area contributed by atoms with Gasteiger partial charge in [-0.3, -0.25) is 4.79 Å². The van der Waals surface area contributed by atoms with Crippen LogP contribution in [0.2, 0.25) is 0 Å². The van der Waals surface area contributed by atoms with Gasteiger partial charge < -0.3 is 10.1 Å². The molecule has 0 aliphatic rings. The highest BCUT2D eigenvalue weighted by molar-refractivity contribution is 6.02. The lowest BCUT2D eigenvalue weighted by atomic mass is 10.3. The predicted octanol–water partition coefficient (Wildman–Crippen LogP) is 1.74. The van der Waals surface area contributed by atoms with Crippen LogP contribution >= 0.6 is 0 Å². The van der Waals surface area contributed by atoms with Crippen LogP contribution in [-0.4, -0.2) is 18.5 Å². The van der Waals surface area contributed by atoms with Gasteiger partial charge in [0, 0.05) is 17.8 Å². The number of ether oxygens (including phenoxy) is 1. The van der Waals surface area contributed by atoms with Crippen LogP contribution in [0.15, 0.2) is 42.5 Å². The second-order valence-corrected chi connectivity index (χ2v) is 2.94. The number of amides is 1. The summed E-state index contributed by atoms with van der Waals surface area (Å²) in [4.78, 5) is 22.2. The smallest absolute Gasteiger partial charge is 0.330 e. The normalized spacial score (nSPS) is 10.1. The zero-order chi connectivity index (χ0) is 11.8. The van der Waals surface area contributed by atoms with E-state index in [0.29, 0.717) is 12.3 Å². The van der Waals surface area contributed by atoms with Crippen molar-refractivity contribution >= 4 is 17.6 Å². The molecule has 0 aromatic heterocycles. The summed E-state index contributed by atoms with van der Waals surface area (Å²) in [5.74, 6) is -0.884. The third-order valence-electron chi connectivity index (χ3n) is 1.70. The van der Waals surface area contributed by atoms with Gasteiger partial charge in [0.25, 0.3) is 0 Å². The van der Waals surface area contributed by atoms with E-state index in [0.717, 1.165) is 12.2 Å². The van der Waals surface area contributed by atoms with E-state index in [1.54, 1.807) is 19.1 Å². The maximum absolute atomic E-state index is 11.3. The molecule has 1 aromatic rings. The average molecular weight is 219 g/mol. The fourth-order valence-electron chi connectivity index (χ4n) is 1.04. The molecule has 0 atom stereocenters. The van der Waals surface area contributed by atoms with E-state index >= 15 is 0 Å². The van der Waals surface area contributed by atoms with E-state index in [2.05, 4.69) is 10.1 Å². The Kier molecular flexibility index (Phi) is 4.79. The summed E-state index contributed by atoms with van der Waals surface area (Å²) in [5.41, 5.74) is 0.681. The standard InChI is InChI=1S/C12H13NO3/c1-2-16-12(15)9-8-11(14)13-10-6-4-3-5-7-10/h3-9H,2H2,1H3,(H,13,14)/b9-8-. The summed E-state index contributed by atoms with van der Waals surface area (Å²) < 4.78 is 4.64. The lowest BCUT2D eigenvalue weighted by molar-refractivity contribution is -0.137. The minimum Gasteiger partial charge on any atom is -0.463 e. The highest BCUT2D eigenvalue weighted by atomic mass is 16.5. The quantitative estimate of drug-likeness (QED) is 0.620. The van der Waals surface area contributed by atoms with Crippen molar-refractivity contribution in [3.05, 3.63) is 42.5 Å². The SMILES string of the molecule is CCOC(=O)/C=C\C(=O)Nc1ccccc1. The molecule has 0 unspecified atom stereocenters. The first-order valence-corrected chi connectivity index (χ1v) is 4.93. The third-order valence-corrected chi connectivity index (χ3v) is 1.70. The molecule has 0 saturated carbocycles. The minimum absolute atomic E-state index is 0.295. The van der Waals surface area contributed by atoms with Crippen molar-refractivity contribution in [3.8, 4) is 0 Å². The Hall–Kier alpha value is -2.10. The van der Waals surface area contributed by atoms with Crippen molar-refractivity contribution in [2.75, 3.05) is 11.9 Å². The van der Waals surface area contributed by atoms with Crippen molar-refractivity contribution < 1.29 is 14.3 Å². The Morgan fingerprint density at radius 3 is 2.56 bits per heavy atom. The van der Waals surface area contributed by atoms with Crippen LogP contribution in [0, 0.1) is 0 Å². The van der Waals surface area contributed by atoms with Crippen molar-refractivity contribution in [2.45, 2.75) is 6.92 Å². The van der Waals surface area contributed by atoms with Crippen LogP contribution < -0.4 is 5.32 Å². The maximum Gasteiger partial charge on any atom is 0.330 e. The summed E-state index contributed by atoms with van der Waals surface area (Å²) >= 11 is 0. The topological polar surface area (TPSA) is 55.4 Å². The number of nitrogens with one attached hydrogen (secondary N) is 1. The van der Waals surface area contributed by atoms with E-state index in [1.807, 2.05) is 18.2 Å². The lowest BCUT2D eigenvalue weighted by Gasteiger charge is -2.00. The molecule has 0 aliphatic carbocycles. The molecule has 1 N–H and O–H groups in total. The molecule has 0 spiro atoms. The molecule has 0 aliphatic heterocycles. The molecule has 4 nitrogen and oxygen atoms in total. The molecule has 1 amide bonds. The second-order valence-electron chi connectivity index (χ2n) is 2.94. The van der Waals surface area contributed by atoms with Gasteiger partial charge in [-0.1, -0.05) is 18.2 Å². The monoisotopic (exact) mass is 219 g/mol. The van der Waals surface area contributed by atoms with Crippen molar-refractivity contribution in [1.82, 2.24) is 0 Å². The maximum atomic E-state index is 11.3. The van der Waals surface area contributed by atoms with Gasteiger partial charge >= 0.3 is 5.97 Å². The molecular weight excluding hydrogens is 206 g/mol. The highest BCUT2D eigenvalue weighted by Crippen LogP contribution is 2.04. The first-order valence-electron chi connectivity index (χ1n) is 4.93. The number of benzene rings is 1. The molecule has 16 heavy (non-hydrogen) atoms. The van der Waals surface area contributed by atoms with Crippen LogP contribution in [0.3, 0.4) is 0 Å². The molecule has 84 valence electrons. The summed E-state index contributed by atoms with van der Waals surface area (Å²) in [6.45, 7) is 2.00. The Labute approximate surface area is 93.9 Å². The van der Waals surface area contributed by atoms with Gasteiger partial charge in [0.1, 0.15) is 0 Å². The van der Waals surface area contributed by atoms with Gasteiger partial charge in [0.05, 0.1) is 6.61 Å². The van der Waals surface area contributed by atoms with Crippen LogP contribution in [0.1, 0.15) is 6.92 Å². The highest BCUT2D eigenvalue weighted by Gasteiger charge is 1.98. The number of para-hydroxylation sites is 1. The summed E-state index contributed by atoms with van der Waals surface area (Å²) in [6.07, 6.45) is 2.24. The fourth-order valence-corrected chi connectivity index (χ4v) is 1.04. The van der Waals surface area contributed by atoms with E-state index < -0.39 is 5.97 Å². The van der Waals surface area contributed by atoms with Gasteiger partial charge in [0.2, 0.25) is 5.91 Å². The van der Waals surface area contributed by atoms with Crippen molar-refractivity contribution in [2.24, 2.45) is 0 Å². The van der Waals surface area contributed by atoms with Gasteiger partial charge in [-0.15, -0.1) is 0 Å². The second kappa shape index (κ2) is 6.40. The number of anilines is 1. The number of carbonyl (C=O) groups is 2. The number of esters is 1. The van der Waals surface area contributed by atoms with E-state index in [9.17, 15) is 9.59 Å². The van der Waals surface area contributed by atoms with Crippen LogP contribution in [0.25, 0.3) is 0 Å². The van der Waals surface area contributed by atoms with Gasteiger partial charge in [0.15, 0.2) is 0 Å². The lowest BCUT2D eigenvalue weighted by Crippen LogP contribution is -2.09. The minimum atomic E-state index is -0.522. The van der Waals surface area contributed by atoms with E-state index in [4.69, 9.17) is 0 Å². The zero-order valence-electron chi connectivity index (χ0n) is 8.97. The number of carbonyl (C=O) groups excluding carboxylic acids is 2. The number of hydrogen-bond donors (Lipinski definition) is 1. The molecular formula is C12H13NO3. The summed E-state index contributed by atoms with van der Waals surface area (Å²) in [5, 5.41) is 2.61. The molecule has 1 aromatic carbocycles. The molecule has 1 rings (SSSR count). The molecule has 0 radical (unpaired) electrons. The Bertz CT molecular complexity index is 385.